The normalized spacial score (nSPS) is 12.7. The maximum atomic E-state index is 12.5. The first kappa shape index (κ1) is 15.3. The van der Waals surface area contributed by atoms with Crippen molar-refractivity contribution in [2.24, 2.45) is 0 Å². The molecule has 4 nitrogen and oxygen atoms in total. The first-order valence-corrected chi connectivity index (χ1v) is 7.98. The van der Waals surface area contributed by atoms with Crippen LogP contribution in [-0.2, 0) is 14.6 Å². The molecule has 110 valence electrons. The molecule has 0 saturated carbocycles. The van der Waals surface area contributed by atoms with Gasteiger partial charge in [0, 0.05) is 0 Å². The van der Waals surface area contributed by atoms with Gasteiger partial charge in [0.15, 0.2) is 9.84 Å². The van der Waals surface area contributed by atoms with Gasteiger partial charge in [-0.15, -0.1) is 0 Å². The van der Waals surface area contributed by atoms with Gasteiger partial charge in [0.05, 0.1) is 22.8 Å². The molecule has 21 heavy (non-hydrogen) atoms. The Balaban J connectivity index is 2.32. The predicted octanol–water partition coefficient (Wildman–Crippen LogP) is 3.01. The third-order valence-electron chi connectivity index (χ3n) is 3.34. The summed E-state index contributed by atoms with van der Waals surface area (Å²) in [7, 11) is -2.14. The van der Waals surface area contributed by atoms with Crippen LogP contribution in [0.15, 0.2) is 59.5 Å². The highest BCUT2D eigenvalue weighted by molar-refractivity contribution is 7.91. The Morgan fingerprint density at radius 1 is 1.00 bits per heavy atom. The van der Waals surface area contributed by atoms with Crippen LogP contribution in [0.2, 0.25) is 0 Å². The van der Waals surface area contributed by atoms with Gasteiger partial charge in [0.25, 0.3) is 0 Å². The molecule has 1 atom stereocenters. The van der Waals surface area contributed by atoms with Crippen LogP contribution in [0.4, 0.5) is 0 Å². The van der Waals surface area contributed by atoms with E-state index < -0.39 is 21.1 Å². The van der Waals surface area contributed by atoms with Crippen molar-refractivity contribution in [1.29, 1.82) is 0 Å². The molecule has 0 aliphatic rings. The second-order valence-corrected chi connectivity index (χ2v) is 6.88. The molecule has 0 aliphatic heterocycles. The van der Waals surface area contributed by atoms with Crippen molar-refractivity contribution >= 4 is 15.8 Å². The average molecular weight is 304 g/mol. The third kappa shape index (κ3) is 3.13. The van der Waals surface area contributed by atoms with Crippen molar-refractivity contribution < 1.29 is 17.9 Å². The van der Waals surface area contributed by atoms with Gasteiger partial charge >= 0.3 is 5.97 Å². The SMILES string of the molecule is COC(=O)c1ccc([C@@H](C)S(=O)(=O)c2ccccc2)cc1. The Labute approximate surface area is 124 Å². The maximum absolute atomic E-state index is 12.5. The van der Waals surface area contributed by atoms with E-state index in [2.05, 4.69) is 4.74 Å². The number of esters is 1. The monoisotopic (exact) mass is 304 g/mol. The number of rotatable bonds is 4. The Morgan fingerprint density at radius 3 is 2.10 bits per heavy atom. The molecular formula is C16H16O4S. The molecule has 0 N–H and O–H groups in total. The van der Waals surface area contributed by atoms with E-state index in [-0.39, 0.29) is 4.90 Å². The number of hydrogen-bond donors (Lipinski definition) is 0. The highest BCUT2D eigenvalue weighted by Crippen LogP contribution is 2.28. The molecule has 5 heteroatoms. The zero-order valence-electron chi connectivity index (χ0n) is 11.8. The fourth-order valence-electron chi connectivity index (χ4n) is 2.00. The summed E-state index contributed by atoms with van der Waals surface area (Å²) in [6, 6.07) is 14.7. The number of methoxy groups -OCH3 is 1. The van der Waals surface area contributed by atoms with Gasteiger partial charge in [-0.2, -0.15) is 0 Å². The van der Waals surface area contributed by atoms with Crippen molar-refractivity contribution in [1.82, 2.24) is 0 Å². The molecular weight excluding hydrogens is 288 g/mol. The summed E-state index contributed by atoms with van der Waals surface area (Å²) in [4.78, 5) is 11.7. The van der Waals surface area contributed by atoms with Crippen LogP contribution in [0.1, 0.15) is 28.1 Å². The summed E-state index contributed by atoms with van der Waals surface area (Å²) in [6.45, 7) is 1.63. The van der Waals surface area contributed by atoms with Crippen molar-refractivity contribution in [3.8, 4) is 0 Å². The minimum absolute atomic E-state index is 0.287. The van der Waals surface area contributed by atoms with Crippen LogP contribution in [0.25, 0.3) is 0 Å². The minimum Gasteiger partial charge on any atom is -0.465 e. The number of carbonyl (C=O) groups is 1. The lowest BCUT2D eigenvalue weighted by molar-refractivity contribution is 0.0600. The van der Waals surface area contributed by atoms with Crippen LogP contribution in [0.5, 0.6) is 0 Å². The lowest BCUT2D eigenvalue weighted by atomic mass is 10.1. The molecule has 0 aliphatic carbocycles. The van der Waals surface area contributed by atoms with Gasteiger partial charge in [-0.25, -0.2) is 13.2 Å². The first-order valence-electron chi connectivity index (χ1n) is 6.44. The van der Waals surface area contributed by atoms with E-state index in [9.17, 15) is 13.2 Å². The molecule has 0 amide bonds. The van der Waals surface area contributed by atoms with Gasteiger partial charge in [-0.3, -0.25) is 0 Å². The van der Waals surface area contributed by atoms with Gasteiger partial charge in [-0.1, -0.05) is 30.3 Å². The van der Waals surface area contributed by atoms with E-state index in [4.69, 9.17) is 0 Å². The molecule has 0 unspecified atom stereocenters. The van der Waals surface area contributed by atoms with E-state index in [0.717, 1.165) is 0 Å². The summed E-state index contributed by atoms with van der Waals surface area (Å²) in [5.41, 5.74) is 1.03. The third-order valence-corrected chi connectivity index (χ3v) is 5.47. The second kappa shape index (κ2) is 6.10. The number of ether oxygens (including phenoxy) is 1. The summed E-state index contributed by atoms with van der Waals surface area (Å²) < 4.78 is 29.6. The highest BCUT2D eigenvalue weighted by Gasteiger charge is 2.24. The van der Waals surface area contributed by atoms with E-state index in [1.807, 2.05) is 0 Å². The molecule has 0 fully saturated rings. The van der Waals surface area contributed by atoms with Crippen LogP contribution in [-0.4, -0.2) is 21.5 Å². The summed E-state index contributed by atoms with van der Waals surface area (Å²) >= 11 is 0. The van der Waals surface area contributed by atoms with E-state index in [0.29, 0.717) is 11.1 Å². The molecule has 2 aromatic rings. The first-order chi connectivity index (χ1) is 9.96. The number of sulfone groups is 1. The lowest BCUT2D eigenvalue weighted by Gasteiger charge is -2.13. The van der Waals surface area contributed by atoms with Gasteiger partial charge in [0.1, 0.15) is 0 Å². The second-order valence-electron chi connectivity index (χ2n) is 4.61. The molecule has 0 bridgehead atoms. The van der Waals surface area contributed by atoms with Crippen molar-refractivity contribution in [2.45, 2.75) is 17.1 Å². The molecule has 0 aromatic heterocycles. The quantitative estimate of drug-likeness (QED) is 0.815. The summed E-state index contributed by atoms with van der Waals surface area (Å²) in [6.07, 6.45) is 0. The van der Waals surface area contributed by atoms with Gasteiger partial charge < -0.3 is 4.74 Å². The van der Waals surface area contributed by atoms with Crippen LogP contribution < -0.4 is 0 Å². The topological polar surface area (TPSA) is 60.4 Å². The van der Waals surface area contributed by atoms with Gasteiger partial charge in [0.2, 0.25) is 0 Å². The predicted molar refractivity (Wildman–Crippen MR) is 79.8 cm³/mol. The maximum Gasteiger partial charge on any atom is 0.337 e. The smallest absolute Gasteiger partial charge is 0.337 e. The van der Waals surface area contributed by atoms with E-state index in [1.165, 1.54) is 7.11 Å². The molecule has 0 spiro atoms. The van der Waals surface area contributed by atoms with E-state index >= 15 is 0 Å². The standard InChI is InChI=1S/C16H16O4S/c1-12(21(18,19)15-6-4-3-5-7-15)13-8-10-14(11-9-13)16(17)20-2/h3-12H,1-2H3/t12-/m1/s1. The van der Waals surface area contributed by atoms with Gasteiger partial charge in [-0.05, 0) is 36.8 Å². The lowest BCUT2D eigenvalue weighted by Crippen LogP contribution is -2.11. The van der Waals surface area contributed by atoms with Crippen molar-refractivity contribution in [3.63, 3.8) is 0 Å². The van der Waals surface area contributed by atoms with Crippen molar-refractivity contribution in [3.05, 3.63) is 65.7 Å². The fourth-order valence-corrected chi connectivity index (χ4v) is 3.46. The van der Waals surface area contributed by atoms with E-state index in [1.54, 1.807) is 61.5 Å². The summed E-state index contributed by atoms with van der Waals surface area (Å²) in [5.74, 6) is -0.444. The highest BCUT2D eigenvalue weighted by atomic mass is 32.2. The Hall–Kier alpha value is -2.14. The summed E-state index contributed by atoms with van der Waals surface area (Å²) in [5, 5.41) is -0.688. The number of benzene rings is 2. The Kier molecular flexibility index (Phi) is 4.43. The molecule has 2 aromatic carbocycles. The van der Waals surface area contributed by atoms with Crippen LogP contribution in [0.3, 0.4) is 0 Å². The molecule has 0 heterocycles. The molecule has 2 rings (SSSR count). The molecule has 0 saturated heterocycles. The van der Waals surface area contributed by atoms with Crippen LogP contribution >= 0.6 is 0 Å². The Bertz CT molecular complexity index is 719. The molecule has 0 radical (unpaired) electrons. The Morgan fingerprint density at radius 2 is 1.57 bits per heavy atom. The van der Waals surface area contributed by atoms with Crippen LogP contribution in [0, 0.1) is 0 Å². The minimum atomic E-state index is -3.45. The largest absolute Gasteiger partial charge is 0.465 e. The number of hydrogen-bond acceptors (Lipinski definition) is 4. The fraction of sp³-hybridized carbons (Fsp3) is 0.188. The zero-order chi connectivity index (χ0) is 15.5. The zero-order valence-corrected chi connectivity index (χ0v) is 12.6. The van der Waals surface area contributed by atoms with Crippen molar-refractivity contribution in [2.75, 3.05) is 7.11 Å². The number of carbonyl (C=O) groups excluding carboxylic acids is 1. The average Bonchev–Trinajstić information content (AvgIpc) is 2.54.